The van der Waals surface area contributed by atoms with Crippen LogP contribution in [0, 0.1) is 0 Å². The molecule has 0 aliphatic rings. The zero-order chi connectivity index (χ0) is 12.1. The van der Waals surface area contributed by atoms with Gasteiger partial charge in [0, 0.05) is 6.04 Å². The van der Waals surface area contributed by atoms with Gasteiger partial charge in [0.25, 0.3) is 0 Å². The Morgan fingerprint density at radius 1 is 1.40 bits per heavy atom. The Kier molecular flexibility index (Phi) is 5.64. The third-order valence-electron chi connectivity index (χ3n) is 1.61. The van der Waals surface area contributed by atoms with Crippen LogP contribution in [0.25, 0.3) is 0 Å². The van der Waals surface area contributed by atoms with E-state index < -0.39 is 24.6 Å². The molecule has 0 saturated heterocycles. The zero-order valence-corrected chi connectivity index (χ0v) is 9.02. The van der Waals surface area contributed by atoms with E-state index in [1.54, 1.807) is 20.8 Å². The van der Waals surface area contributed by atoms with E-state index in [2.05, 4.69) is 10.1 Å². The molecule has 0 unspecified atom stereocenters. The van der Waals surface area contributed by atoms with Gasteiger partial charge < -0.3 is 10.1 Å². The summed E-state index contributed by atoms with van der Waals surface area (Å²) < 4.78 is 41.7. The summed E-state index contributed by atoms with van der Waals surface area (Å²) in [4.78, 5) is 10.9. The summed E-state index contributed by atoms with van der Waals surface area (Å²) in [5.74, 6) is -0.840. The lowest BCUT2D eigenvalue weighted by atomic mass is 10.2. The maximum Gasteiger partial charge on any atom is 0.404 e. The summed E-state index contributed by atoms with van der Waals surface area (Å²) in [5, 5.41) is 2.28. The van der Waals surface area contributed by atoms with Gasteiger partial charge in [-0.25, -0.2) is 0 Å². The van der Waals surface area contributed by atoms with Crippen LogP contribution in [-0.2, 0) is 9.53 Å². The summed E-state index contributed by atoms with van der Waals surface area (Å²) in [6, 6.07) is -2.18. The average Bonchev–Trinajstić information content (AvgIpc) is 2.00. The second-order valence-electron chi connectivity index (χ2n) is 3.42. The number of carbonyl (C=O) groups is 1. The predicted molar refractivity (Wildman–Crippen MR) is 49.4 cm³/mol. The van der Waals surface area contributed by atoms with Gasteiger partial charge in [0.15, 0.2) is 0 Å². The molecule has 3 nitrogen and oxygen atoms in total. The molecule has 0 aliphatic carbocycles. The van der Waals surface area contributed by atoms with Crippen molar-refractivity contribution in [1.82, 2.24) is 5.32 Å². The molecule has 0 saturated carbocycles. The lowest BCUT2D eigenvalue weighted by molar-refractivity contribution is -0.170. The predicted octanol–water partition coefficient (Wildman–Crippen LogP) is 1.87. The first kappa shape index (κ1) is 14.2. The molecule has 0 rings (SSSR count). The van der Waals surface area contributed by atoms with E-state index >= 15 is 0 Å². The topological polar surface area (TPSA) is 38.3 Å². The molecule has 0 aromatic carbocycles. The normalized spacial score (nSPS) is 14.1. The van der Waals surface area contributed by atoms with E-state index in [-0.39, 0.29) is 12.6 Å². The minimum Gasteiger partial charge on any atom is -0.466 e. The Morgan fingerprint density at radius 3 is 2.27 bits per heavy atom. The van der Waals surface area contributed by atoms with Crippen molar-refractivity contribution in [3.05, 3.63) is 0 Å². The highest BCUT2D eigenvalue weighted by molar-refractivity contribution is 5.70. The fourth-order valence-corrected chi connectivity index (χ4v) is 1.06. The summed E-state index contributed by atoms with van der Waals surface area (Å²) in [7, 11) is 0. The second-order valence-corrected chi connectivity index (χ2v) is 3.42. The van der Waals surface area contributed by atoms with Crippen LogP contribution in [0.4, 0.5) is 13.2 Å². The summed E-state index contributed by atoms with van der Waals surface area (Å²) in [5.41, 5.74) is 0. The first-order chi connectivity index (χ1) is 6.77. The van der Waals surface area contributed by atoms with Crippen LogP contribution in [0.1, 0.15) is 27.2 Å². The number of carbonyl (C=O) groups excluding carboxylic acids is 1. The van der Waals surface area contributed by atoms with E-state index in [1.165, 1.54) is 0 Å². The van der Waals surface area contributed by atoms with E-state index in [0.717, 1.165) is 0 Å². The van der Waals surface area contributed by atoms with Crippen LogP contribution in [-0.4, -0.2) is 30.8 Å². The highest BCUT2D eigenvalue weighted by atomic mass is 19.4. The fraction of sp³-hybridized carbons (Fsp3) is 0.889. The third kappa shape index (κ3) is 6.33. The second kappa shape index (κ2) is 5.95. The van der Waals surface area contributed by atoms with E-state index in [1.807, 2.05) is 0 Å². The van der Waals surface area contributed by atoms with Gasteiger partial charge in [-0.05, 0) is 6.92 Å². The SMILES string of the molecule is CCOC(=O)C[C@H](NC(C)C)C(F)(F)F. The van der Waals surface area contributed by atoms with Crippen molar-refractivity contribution >= 4 is 5.97 Å². The Balaban J connectivity index is 4.32. The van der Waals surface area contributed by atoms with Crippen LogP contribution in [0.5, 0.6) is 0 Å². The van der Waals surface area contributed by atoms with Gasteiger partial charge in [-0.2, -0.15) is 13.2 Å². The summed E-state index contributed by atoms with van der Waals surface area (Å²) >= 11 is 0. The van der Waals surface area contributed by atoms with Crippen molar-refractivity contribution in [2.45, 2.75) is 45.5 Å². The molecule has 90 valence electrons. The fourth-order valence-electron chi connectivity index (χ4n) is 1.06. The number of rotatable bonds is 5. The monoisotopic (exact) mass is 227 g/mol. The molecule has 0 aromatic rings. The molecule has 0 aromatic heterocycles. The van der Waals surface area contributed by atoms with Crippen LogP contribution in [0.3, 0.4) is 0 Å². The van der Waals surface area contributed by atoms with Gasteiger partial charge >= 0.3 is 12.1 Å². The maximum atomic E-state index is 12.4. The van der Waals surface area contributed by atoms with Crippen molar-refractivity contribution in [1.29, 1.82) is 0 Å². The number of alkyl halides is 3. The highest BCUT2D eigenvalue weighted by Crippen LogP contribution is 2.23. The maximum absolute atomic E-state index is 12.4. The number of hydrogen-bond acceptors (Lipinski definition) is 3. The smallest absolute Gasteiger partial charge is 0.404 e. The highest BCUT2D eigenvalue weighted by Gasteiger charge is 2.41. The number of ether oxygens (including phenoxy) is 1. The first-order valence-corrected chi connectivity index (χ1v) is 4.75. The lowest BCUT2D eigenvalue weighted by Gasteiger charge is -2.22. The minimum atomic E-state index is -4.43. The van der Waals surface area contributed by atoms with Crippen LogP contribution in [0.2, 0.25) is 0 Å². The minimum absolute atomic E-state index is 0.0884. The van der Waals surface area contributed by atoms with E-state index in [4.69, 9.17) is 0 Å². The van der Waals surface area contributed by atoms with E-state index in [9.17, 15) is 18.0 Å². The molecular weight excluding hydrogens is 211 g/mol. The summed E-state index contributed by atoms with van der Waals surface area (Å²) in [6.07, 6.45) is -5.12. The molecule has 1 N–H and O–H groups in total. The molecular formula is C9H16F3NO2. The molecule has 0 heterocycles. The lowest BCUT2D eigenvalue weighted by Crippen LogP contribution is -2.46. The van der Waals surface area contributed by atoms with Crippen molar-refractivity contribution in [2.24, 2.45) is 0 Å². The molecule has 0 radical (unpaired) electrons. The van der Waals surface area contributed by atoms with Gasteiger partial charge in [-0.15, -0.1) is 0 Å². The summed E-state index contributed by atoms with van der Waals surface area (Å²) in [6.45, 7) is 4.81. The van der Waals surface area contributed by atoms with E-state index in [0.29, 0.717) is 0 Å². The Hall–Kier alpha value is -0.780. The number of hydrogen-bond donors (Lipinski definition) is 1. The van der Waals surface area contributed by atoms with Crippen molar-refractivity contribution in [3.8, 4) is 0 Å². The Labute approximate surface area is 87.0 Å². The van der Waals surface area contributed by atoms with Gasteiger partial charge in [-0.3, -0.25) is 4.79 Å². The molecule has 15 heavy (non-hydrogen) atoms. The molecule has 1 atom stereocenters. The average molecular weight is 227 g/mol. The third-order valence-corrected chi connectivity index (χ3v) is 1.61. The van der Waals surface area contributed by atoms with Crippen LogP contribution < -0.4 is 5.32 Å². The van der Waals surface area contributed by atoms with Gasteiger partial charge in [0.2, 0.25) is 0 Å². The van der Waals surface area contributed by atoms with Gasteiger partial charge in [-0.1, -0.05) is 13.8 Å². The molecule has 0 bridgehead atoms. The van der Waals surface area contributed by atoms with Gasteiger partial charge in [0.05, 0.1) is 13.0 Å². The molecule has 0 aliphatic heterocycles. The standard InChI is InChI=1S/C9H16F3NO2/c1-4-15-8(14)5-7(9(10,11)12)13-6(2)3/h6-7,13H,4-5H2,1-3H3/t7-/m0/s1. The zero-order valence-electron chi connectivity index (χ0n) is 9.02. The molecule has 6 heteroatoms. The Bertz CT molecular complexity index is 204. The first-order valence-electron chi connectivity index (χ1n) is 4.75. The number of esters is 1. The molecule has 0 amide bonds. The number of nitrogens with one attached hydrogen (secondary N) is 1. The van der Waals surface area contributed by atoms with Crippen LogP contribution in [0.15, 0.2) is 0 Å². The van der Waals surface area contributed by atoms with Gasteiger partial charge in [0.1, 0.15) is 6.04 Å². The van der Waals surface area contributed by atoms with Crippen molar-refractivity contribution in [2.75, 3.05) is 6.61 Å². The van der Waals surface area contributed by atoms with Crippen molar-refractivity contribution < 1.29 is 22.7 Å². The Morgan fingerprint density at radius 2 is 1.93 bits per heavy atom. The van der Waals surface area contributed by atoms with Crippen LogP contribution >= 0.6 is 0 Å². The number of halogens is 3. The quantitative estimate of drug-likeness (QED) is 0.729. The largest absolute Gasteiger partial charge is 0.466 e. The molecule has 0 spiro atoms. The molecule has 0 fully saturated rings. The van der Waals surface area contributed by atoms with Crippen molar-refractivity contribution in [3.63, 3.8) is 0 Å².